The number of amides is 1. The summed E-state index contributed by atoms with van der Waals surface area (Å²) in [6.07, 6.45) is 3.39. The van der Waals surface area contributed by atoms with E-state index in [4.69, 9.17) is 4.42 Å². The van der Waals surface area contributed by atoms with Crippen molar-refractivity contribution in [2.75, 3.05) is 12.8 Å². The van der Waals surface area contributed by atoms with Crippen LogP contribution in [0.15, 0.2) is 58.4 Å². The van der Waals surface area contributed by atoms with Gasteiger partial charge in [-0.25, -0.2) is 9.37 Å². The quantitative estimate of drug-likeness (QED) is 0.514. The molecule has 0 fully saturated rings. The lowest BCUT2D eigenvalue weighted by molar-refractivity contribution is -0.127. The number of carbonyl (C=O) groups excluding carboxylic acids is 1. The van der Waals surface area contributed by atoms with E-state index >= 15 is 0 Å². The zero-order valence-corrected chi connectivity index (χ0v) is 17.1. The first-order valence-corrected chi connectivity index (χ1v) is 10.1. The maximum atomic E-state index is 13.3. The molecule has 5 nitrogen and oxygen atoms in total. The normalized spacial score (nSPS) is 11.2. The number of imidazole rings is 1. The Balaban J connectivity index is 1.72. The van der Waals surface area contributed by atoms with Crippen LogP contribution in [0.4, 0.5) is 4.39 Å². The fourth-order valence-electron chi connectivity index (χ4n) is 2.83. The smallest absolute Gasteiger partial charge is 0.233 e. The van der Waals surface area contributed by atoms with E-state index in [-0.39, 0.29) is 17.5 Å². The lowest BCUT2D eigenvalue weighted by atomic mass is 10.1. The van der Waals surface area contributed by atoms with Gasteiger partial charge in [0.15, 0.2) is 5.16 Å². The Kier molecular flexibility index (Phi) is 6.57. The molecular weight excluding hydrogens is 377 g/mol. The minimum Gasteiger partial charge on any atom is -0.467 e. The summed E-state index contributed by atoms with van der Waals surface area (Å²) in [5.41, 5.74) is 1.83. The fourth-order valence-corrected chi connectivity index (χ4v) is 3.76. The SMILES string of the molecule is CC(C)Cn1c(-c2ccc(F)cc2)cnc1SCC(=O)N(C)Cc1ccco1. The predicted molar refractivity (Wildman–Crippen MR) is 108 cm³/mol. The molecule has 0 radical (unpaired) electrons. The maximum Gasteiger partial charge on any atom is 0.233 e. The summed E-state index contributed by atoms with van der Waals surface area (Å²) in [5.74, 6) is 1.18. The average molecular weight is 402 g/mol. The van der Waals surface area contributed by atoms with Gasteiger partial charge in [-0.05, 0) is 47.9 Å². The summed E-state index contributed by atoms with van der Waals surface area (Å²) in [5, 5.41) is 0.785. The van der Waals surface area contributed by atoms with Crippen molar-refractivity contribution in [1.82, 2.24) is 14.5 Å². The molecule has 0 aliphatic heterocycles. The van der Waals surface area contributed by atoms with Gasteiger partial charge in [0, 0.05) is 13.6 Å². The lowest BCUT2D eigenvalue weighted by Gasteiger charge is -2.17. The third kappa shape index (κ3) is 5.04. The number of nitrogens with zero attached hydrogens (tertiary/aromatic N) is 3. The summed E-state index contributed by atoms with van der Waals surface area (Å²) >= 11 is 1.41. The Bertz CT molecular complexity index is 904. The van der Waals surface area contributed by atoms with Gasteiger partial charge in [0.05, 0.1) is 30.5 Å². The van der Waals surface area contributed by atoms with Crippen molar-refractivity contribution in [2.45, 2.75) is 32.1 Å². The van der Waals surface area contributed by atoms with E-state index in [0.717, 1.165) is 28.7 Å². The van der Waals surface area contributed by atoms with Crippen LogP contribution in [0.25, 0.3) is 11.3 Å². The number of thioether (sulfide) groups is 1. The molecule has 0 bridgehead atoms. The molecule has 28 heavy (non-hydrogen) atoms. The number of halogens is 1. The first-order chi connectivity index (χ1) is 13.4. The highest BCUT2D eigenvalue weighted by molar-refractivity contribution is 7.99. The third-order valence-corrected chi connectivity index (χ3v) is 5.21. The number of hydrogen-bond acceptors (Lipinski definition) is 4. The summed E-state index contributed by atoms with van der Waals surface area (Å²) in [7, 11) is 1.76. The molecule has 1 amide bonds. The van der Waals surface area contributed by atoms with Gasteiger partial charge in [-0.15, -0.1) is 0 Å². The molecule has 0 atom stereocenters. The van der Waals surface area contributed by atoms with E-state index in [1.165, 1.54) is 23.9 Å². The van der Waals surface area contributed by atoms with Gasteiger partial charge < -0.3 is 13.9 Å². The first kappa shape index (κ1) is 20.2. The molecule has 3 aromatic rings. The van der Waals surface area contributed by atoms with E-state index in [1.807, 2.05) is 12.1 Å². The van der Waals surface area contributed by atoms with Crippen LogP contribution in [0.3, 0.4) is 0 Å². The highest BCUT2D eigenvalue weighted by Gasteiger charge is 2.17. The van der Waals surface area contributed by atoms with Crippen LogP contribution < -0.4 is 0 Å². The van der Waals surface area contributed by atoms with Gasteiger partial charge >= 0.3 is 0 Å². The predicted octanol–water partition coefficient (Wildman–Crippen LogP) is 4.69. The second-order valence-electron chi connectivity index (χ2n) is 7.06. The molecule has 0 N–H and O–H groups in total. The molecule has 0 saturated carbocycles. The van der Waals surface area contributed by atoms with E-state index < -0.39 is 0 Å². The standard InChI is InChI=1S/C21H24FN3O2S/c1-15(2)12-25-19(16-6-8-17(22)9-7-16)11-23-21(25)28-14-20(26)24(3)13-18-5-4-10-27-18/h4-11,15H,12-14H2,1-3H3. The molecule has 2 heterocycles. The summed E-state index contributed by atoms with van der Waals surface area (Å²) in [4.78, 5) is 18.6. The van der Waals surface area contributed by atoms with Crippen LogP contribution in [0.2, 0.25) is 0 Å². The zero-order valence-electron chi connectivity index (χ0n) is 16.3. The maximum absolute atomic E-state index is 13.3. The first-order valence-electron chi connectivity index (χ1n) is 9.14. The Morgan fingerprint density at radius 2 is 2.04 bits per heavy atom. The third-order valence-electron chi connectivity index (χ3n) is 4.23. The van der Waals surface area contributed by atoms with Crippen molar-refractivity contribution < 1.29 is 13.6 Å². The van der Waals surface area contributed by atoms with Crippen molar-refractivity contribution in [3.8, 4) is 11.3 Å². The topological polar surface area (TPSA) is 51.3 Å². The Morgan fingerprint density at radius 3 is 2.68 bits per heavy atom. The Hall–Kier alpha value is -2.54. The lowest BCUT2D eigenvalue weighted by Crippen LogP contribution is -2.27. The zero-order chi connectivity index (χ0) is 20.1. The summed E-state index contributed by atoms with van der Waals surface area (Å²) in [6, 6.07) is 10.0. The van der Waals surface area contributed by atoms with Gasteiger partial charge in [0.2, 0.25) is 5.91 Å². The molecule has 3 rings (SSSR count). The number of hydrogen-bond donors (Lipinski definition) is 0. The number of carbonyl (C=O) groups is 1. The Morgan fingerprint density at radius 1 is 1.29 bits per heavy atom. The van der Waals surface area contributed by atoms with Gasteiger partial charge in [-0.3, -0.25) is 4.79 Å². The number of aromatic nitrogens is 2. The van der Waals surface area contributed by atoms with E-state index in [0.29, 0.717) is 12.5 Å². The molecule has 0 aliphatic rings. The fraction of sp³-hybridized carbons (Fsp3) is 0.333. The van der Waals surface area contributed by atoms with Crippen LogP contribution in [0.1, 0.15) is 19.6 Å². The number of benzene rings is 1. The van der Waals surface area contributed by atoms with Crippen molar-refractivity contribution >= 4 is 17.7 Å². The van der Waals surface area contributed by atoms with Gasteiger partial charge in [-0.1, -0.05) is 25.6 Å². The van der Waals surface area contributed by atoms with E-state index in [2.05, 4.69) is 23.4 Å². The van der Waals surface area contributed by atoms with Crippen molar-refractivity contribution in [3.05, 3.63) is 60.4 Å². The molecule has 2 aromatic heterocycles. The van der Waals surface area contributed by atoms with Crippen molar-refractivity contribution in [2.24, 2.45) is 5.92 Å². The van der Waals surface area contributed by atoms with Gasteiger partial charge in [-0.2, -0.15) is 0 Å². The van der Waals surface area contributed by atoms with Crippen molar-refractivity contribution in [1.29, 1.82) is 0 Å². The molecule has 1 aromatic carbocycles. The molecule has 7 heteroatoms. The molecule has 148 valence electrons. The van der Waals surface area contributed by atoms with Crippen molar-refractivity contribution in [3.63, 3.8) is 0 Å². The minimum absolute atomic E-state index is 0.00355. The molecule has 0 unspecified atom stereocenters. The Labute approximate surface area is 168 Å². The molecular formula is C21H24FN3O2S. The summed E-state index contributed by atoms with van der Waals surface area (Å²) < 4.78 is 20.7. The molecule has 0 saturated heterocycles. The monoisotopic (exact) mass is 401 g/mol. The van der Waals surface area contributed by atoms with Crippen LogP contribution >= 0.6 is 11.8 Å². The number of furan rings is 1. The highest BCUT2D eigenvalue weighted by atomic mass is 32.2. The minimum atomic E-state index is -0.265. The molecule has 0 aliphatic carbocycles. The average Bonchev–Trinajstić information content (AvgIpc) is 3.30. The van der Waals surface area contributed by atoms with Crippen LogP contribution in [-0.2, 0) is 17.9 Å². The number of rotatable bonds is 8. The molecule has 0 spiro atoms. The summed E-state index contributed by atoms with van der Waals surface area (Å²) in [6.45, 7) is 5.47. The largest absolute Gasteiger partial charge is 0.467 e. The van der Waals surface area contributed by atoms with Gasteiger partial charge in [0.1, 0.15) is 11.6 Å². The second-order valence-corrected chi connectivity index (χ2v) is 8.00. The van der Waals surface area contributed by atoms with E-state index in [1.54, 1.807) is 36.5 Å². The van der Waals surface area contributed by atoms with Crippen LogP contribution in [-0.4, -0.2) is 33.2 Å². The highest BCUT2D eigenvalue weighted by Crippen LogP contribution is 2.27. The van der Waals surface area contributed by atoms with E-state index in [9.17, 15) is 9.18 Å². The van der Waals surface area contributed by atoms with Gasteiger partial charge in [0.25, 0.3) is 0 Å². The second kappa shape index (κ2) is 9.10. The van der Waals surface area contributed by atoms with Crippen LogP contribution in [0, 0.1) is 11.7 Å². The van der Waals surface area contributed by atoms with Crippen LogP contribution in [0.5, 0.6) is 0 Å².